The Kier molecular flexibility index (Phi) is 9.64. The highest BCUT2D eigenvalue weighted by molar-refractivity contribution is 7.98. The zero-order valence-corrected chi connectivity index (χ0v) is 20.1. The Hall–Kier alpha value is -1.54. The van der Waals surface area contributed by atoms with Crippen molar-refractivity contribution >= 4 is 11.8 Å². The largest absolute Gasteiger partial charge is 0.496 e. The van der Waals surface area contributed by atoms with Gasteiger partial charge in [-0.25, -0.2) is 0 Å². The molecule has 210 valence electrons. The van der Waals surface area contributed by atoms with E-state index in [1.54, 1.807) is 19.1 Å². The zero-order valence-electron chi connectivity index (χ0n) is 19.3. The molecule has 1 aromatic rings. The molecule has 0 amide bonds. The van der Waals surface area contributed by atoms with Gasteiger partial charge in [-0.3, -0.25) is 0 Å². The number of rotatable bonds is 12. The third-order valence-corrected chi connectivity index (χ3v) is 6.58. The van der Waals surface area contributed by atoms with Crippen LogP contribution in [0.1, 0.15) is 49.3 Å². The minimum Gasteiger partial charge on any atom is -0.496 e. The molecule has 0 bridgehead atoms. The van der Waals surface area contributed by atoms with Crippen LogP contribution in [0, 0.1) is 6.92 Å². The van der Waals surface area contributed by atoms with Gasteiger partial charge in [-0.1, -0.05) is 26.0 Å². The summed E-state index contributed by atoms with van der Waals surface area (Å²) >= 11 is 0.490. The van der Waals surface area contributed by atoms with E-state index >= 15 is 0 Å². The van der Waals surface area contributed by atoms with Gasteiger partial charge in [0, 0.05) is 17.7 Å². The first kappa shape index (κ1) is 32.5. The topological polar surface area (TPSA) is 9.23 Å². The maximum atomic E-state index is 13.9. The fraction of sp³-hybridized carbons (Fsp3) is 0.714. The summed E-state index contributed by atoms with van der Waals surface area (Å²) in [5.41, 5.74) is 1.90. The molecule has 0 aliphatic heterocycles. The standard InChI is InChI=1S/C21H23F13OS/c1-5-11(2)13-8-12(3)15(35-4)14(9-13)10-36-7-6-16(22,23)17(24,25)18(26,27)19(28,29)20(30,31)21(32,33)34/h8-9,11H,5-7,10H2,1-4H3. The first-order valence-electron chi connectivity index (χ1n) is 10.2. The number of halogens is 13. The van der Waals surface area contributed by atoms with Crippen molar-refractivity contribution in [2.75, 3.05) is 12.9 Å². The number of methoxy groups -OCH3 is 1. The summed E-state index contributed by atoms with van der Waals surface area (Å²) in [6.07, 6.45) is -8.91. The molecule has 0 N–H and O–H groups in total. The summed E-state index contributed by atoms with van der Waals surface area (Å²) in [5, 5.41) is 0. The average Bonchev–Trinajstić information content (AvgIpc) is 2.74. The Morgan fingerprint density at radius 1 is 0.806 bits per heavy atom. The maximum Gasteiger partial charge on any atom is 0.460 e. The Labute approximate surface area is 202 Å². The quantitative estimate of drug-likeness (QED) is 0.183. The van der Waals surface area contributed by atoms with Crippen molar-refractivity contribution in [1.82, 2.24) is 0 Å². The van der Waals surface area contributed by atoms with E-state index in [1.165, 1.54) is 7.11 Å². The van der Waals surface area contributed by atoms with Crippen molar-refractivity contribution in [3.63, 3.8) is 0 Å². The van der Waals surface area contributed by atoms with Gasteiger partial charge in [0.15, 0.2) is 0 Å². The molecule has 1 rings (SSSR count). The summed E-state index contributed by atoms with van der Waals surface area (Å²) in [6.45, 7) is 5.45. The lowest BCUT2D eigenvalue weighted by Crippen LogP contribution is -2.70. The van der Waals surface area contributed by atoms with Crippen molar-refractivity contribution in [3.05, 3.63) is 28.8 Å². The predicted molar refractivity (Wildman–Crippen MR) is 108 cm³/mol. The van der Waals surface area contributed by atoms with Crippen LogP contribution in [0.4, 0.5) is 57.1 Å². The van der Waals surface area contributed by atoms with Gasteiger partial charge in [0.05, 0.1) is 7.11 Å². The van der Waals surface area contributed by atoms with Gasteiger partial charge in [-0.05, 0) is 36.1 Å². The molecule has 1 nitrogen and oxygen atoms in total. The molecule has 0 saturated heterocycles. The van der Waals surface area contributed by atoms with Crippen molar-refractivity contribution in [3.8, 4) is 5.75 Å². The zero-order chi connectivity index (χ0) is 28.5. The Morgan fingerprint density at radius 2 is 1.31 bits per heavy atom. The summed E-state index contributed by atoms with van der Waals surface area (Å²) in [5.74, 6) is -37.5. The van der Waals surface area contributed by atoms with E-state index < -0.39 is 48.0 Å². The maximum absolute atomic E-state index is 13.9. The highest BCUT2D eigenvalue weighted by Crippen LogP contribution is 2.60. The van der Waals surface area contributed by atoms with Crippen LogP contribution < -0.4 is 4.74 Å². The molecule has 0 aromatic heterocycles. The molecule has 15 heteroatoms. The molecular formula is C21H23F13OS. The minimum absolute atomic E-state index is 0.0695. The second-order valence-corrected chi connectivity index (χ2v) is 9.25. The number of thioether (sulfide) groups is 1. The van der Waals surface area contributed by atoms with Gasteiger partial charge in [0.1, 0.15) is 5.75 Å². The molecule has 36 heavy (non-hydrogen) atoms. The lowest BCUT2D eigenvalue weighted by molar-refractivity contribution is -0.439. The van der Waals surface area contributed by atoms with Gasteiger partial charge >= 0.3 is 35.8 Å². The Balaban J connectivity index is 3.10. The van der Waals surface area contributed by atoms with Gasteiger partial charge in [0.2, 0.25) is 0 Å². The van der Waals surface area contributed by atoms with Gasteiger partial charge in [-0.2, -0.15) is 68.8 Å². The summed E-state index contributed by atoms with van der Waals surface area (Å²) < 4.78 is 177. The number of hydrogen-bond donors (Lipinski definition) is 0. The second-order valence-electron chi connectivity index (χ2n) is 8.14. The highest BCUT2D eigenvalue weighted by Gasteiger charge is 2.90. The average molecular weight is 570 g/mol. The lowest BCUT2D eigenvalue weighted by atomic mass is 9.93. The van der Waals surface area contributed by atoms with Crippen molar-refractivity contribution in [1.29, 1.82) is 0 Å². The summed E-state index contributed by atoms with van der Waals surface area (Å²) in [7, 11) is 1.30. The Morgan fingerprint density at radius 3 is 1.75 bits per heavy atom. The van der Waals surface area contributed by atoms with E-state index in [9.17, 15) is 57.1 Å². The number of benzene rings is 1. The minimum atomic E-state index is -7.88. The van der Waals surface area contributed by atoms with Crippen LogP contribution in [0.25, 0.3) is 0 Å². The smallest absolute Gasteiger partial charge is 0.460 e. The molecule has 1 aromatic carbocycles. The molecule has 0 fully saturated rings. The van der Waals surface area contributed by atoms with E-state index in [2.05, 4.69) is 0 Å². The SMILES string of the molecule is CCC(C)c1cc(C)c(OC)c(CSCCC(F)(F)C(F)(F)C(F)(F)C(F)(F)C(F)(F)C(F)(F)F)c1. The molecule has 1 atom stereocenters. The normalized spacial score (nSPS) is 15.2. The van der Waals surface area contributed by atoms with Crippen molar-refractivity contribution < 1.29 is 61.8 Å². The Bertz CT molecular complexity index is 897. The lowest BCUT2D eigenvalue weighted by Gasteiger charge is -2.39. The molecule has 0 spiro atoms. The third kappa shape index (κ3) is 5.64. The molecular weight excluding hydrogens is 547 g/mol. The van der Waals surface area contributed by atoms with Crippen LogP contribution in [-0.4, -0.2) is 48.7 Å². The van der Waals surface area contributed by atoms with Crippen LogP contribution in [0.5, 0.6) is 5.75 Å². The van der Waals surface area contributed by atoms with Gasteiger partial charge < -0.3 is 4.74 Å². The van der Waals surface area contributed by atoms with Crippen molar-refractivity contribution in [2.45, 2.75) is 81.1 Å². The second kappa shape index (κ2) is 10.7. The summed E-state index contributed by atoms with van der Waals surface area (Å²) in [6, 6.07) is 3.45. The highest BCUT2D eigenvalue weighted by atomic mass is 32.2. The van der Waals surface area contributed by atoms with Crippen LogP contribution in [0.15, 0.2) is 12.1 Å². The van der Waals surface area contributed by atoms with E-state index in [0.717, 1.165) is 12.0 Å². The van der Waals surface area contributed by atoms with Gasteiger partial charge in [-0.15, -0.1) is 0 Å². The van der Waals surface area contributed by atoms with E-state index in [0.29, 0.717) is 28.6 Å². The van der Waals surface area contributed by atoms with Crippen LogP contribution >= 0.6 is 11.8 Å². The molecule has 0 radical (unpaired) electrons. The van der Waals surface area contributed by atoms with Crippen LogP contribution in [0.2, 0.25) is 0 Å². The predicted octanol–water partition coefficient (Wildman–Crippen LogP) is 8.88. The third-order valence-electron chi connectivity index (χ3n) is 5.58. The fourth-order valence-electron chi connectivity index (χ4n) is 3.14. The number of alkyl halides is 13. The first-order chi connectivity index (χ1) is 16.0. The number of aryl methyl sites for hydroxylation is 1. The van der Waals surface area contributed by atoms with Gasteiger partial charge in [0.25, 0.3) is 0 Å². The molecule has 0 heterocycles. The van der Waals surface area contributed by atoms with Crippen molar-refractivity contribution in [2.24, 2.45) is 0 Å². The molecule has 1 unspecified atom stereocenters. The molecule has 0 aliphatic carbocycles. The van der Waals surface area contributed by atoms with Crippen LogP contribution in [0.3, 0.4) is 0 Å². The van der Waals surface area contributed by atoms with E-state index in [4.69, 9.17) is 4.74 Å². The van der Waals surface area contributed by atoms with Crippen LogP contribution in [-0.2, 0) is 5.75 Å². The number of ether oxygens (including phenoxy) is 1. The summed E-state index contributed by atoms with van der Waals surface area (Å²) in [4.78, 5) is 0. The number of hydrogen-bond acceptors (Lipinski definition) is 2. The fourth-order valence-corrected chi connectivity index (χ4v) is 4.12. The van der Waals surface area contributed by atoms with E-state index in [1.807, 2.05) is 13.8 Å². The van der Waals surface area contributed by atoms with E-state index in [-0.39, 0.29) is 11.7 Å². The monoisotopic (exact) mass is 570 g/mol. The first-order valence-corrected chi connectivity index (χ1v) is 11.4. The molecule has 0 aliphatic rings. The molecule has 0 saturated carbocycles.